The van der Waals surface area contributed by atoms with Crippen molar-refractivity contribution in [3.8, 4) is 0 Å². The van der Waals surface area contributed by atoms with Gasteiger partial charge >= 0.3 is 117 Å². The predicted molar refractivity (Wildman–Crippen MR) is 68.3 cm³/mol. The van der Waals surface area contributed by atoms with E-state index in [0.717, 1.165) is 26.1 Å². The second-order valence-electron chi connectivity index (χ2n) is 5.64. The molecule has 0 unspecified atom stereocenters. The van der Waals surface area contributed by atoms with Crippen molar-refractivity contribution in [3.05, 3.63) is 28.8 Å². The average Bonchev–Trinajstić information content (AvgIpc) is 2.16. The van der Waals surface area contributed by atoms with Gasteiger partial charge in [-0.3, -0.25) is 0 Å². The van der Waals surface area contributed by atoms with Crippen LogP contribution in [0.25, 0.3) is 0 Å². The van der Waals surface area contributed by atoms with Crippen molar-refractivity contribution in [2.75, 3.05) is 0 Å². The number of hydrogen-bond acceptors (Lipinski definition) is 0. The van der Waals surface area contributed by atoms with Crippen molar-refractivity contribution in [2.45, 2.75) is 59.3 Å². The molecule has 0 nitrogen and oxygen atoms in total. The van der Waals surface area contributed by atoms with Gasteiger partial charge in [-0.15, -0.1) is 0 Å². The van der Waals surface area contributed by atoms with E-state index in [1.54, 1.807) is 14.2 Å². The molecule has 0 saturated heterocycles. The molecule has 0 aromatic heterocycles. The molecule has 85 valence electrons. The maximum atomic E-state index is 2.45. The Hall–Kier alpha value is 0.155. The summed E-state index contributed by atoms with van der Waals surface area (Å²) in [4.78, 5) is 0. The SMILES string of the molecule is CC(C)c1cc(C(C)C)[c]([Hg])c(C(C)C)c1. The van der Waals surface area contributed by atoms with Crippen LogP contribution in [0.5, 0.6) is 0 Å². The Bertz CT molecular complexity index is 333. The topological polar surface area (TPSA) is 0 Å². The molecule has 0 saturated carbocycles. The van der Waals surface area contributed by atoms with Gasteiger partial charge < -0.3 is 0 Å². The van der Waals surface area contributed by atoms with Gasteiger partial charge in [0.05, 0.1) is 0 Å². The fourth-order valence-electron chi connectivity index (χ4n) is 2.11. The minimum atomic E-state index is 0.643. The Labute approximate surface area is 117 Å². The number of rotatable bonds is 3. The Kier molecular flexibility index (Phi) is 5.03. The van der Waals surface area contributed by atoms with E-state index in [2.05, 4.69) is 53.7 Å². The van der Waals surface area contributed by atoms with E-state index in [0.29, 0.717) is 17.8 Å². The first-order valence-corrected chi connectivity index (χ1v) is 9.09. The van der Waals surface area contributed by atoms with Gasteiger partial charge in [-0.25, -0.2) is 0 Å². The molecule has 0 radical (unpaired) electrons. The van der Waals surface area contributed by atoms with Crippen LogP contribution in [0.15, 0.2) is 12.1 Å². The van der Waals surface area contributed by atoms with E-state index >= 15 is 0 Å². The van der Waals surface area contributed by atoms with Crippen LogP contribution >= 0.6 is 0 Å². The molecule has 0 amide bonds. The van der Waals surface area contributed by atoms with Crippen molar-refractivity contribution < 1.29 is 26.1 Å². The van der Waals surface area contributed by atoms with Gasteiger partial charge in [-0.1, -0.05) is 0 Å². The fourth-order valence-corrected chi connectivity index (χ4v) is 6.07. The summed E-state index contributed by atoms with van der Waals surface area (Å²) in [5.74, 6) is 1.98. The van der Waals surface area contributed by atoms with E-state index in [4.69, 9.17) is 0 Å². The van der Waals surface area contributed by atoms with Gasteiger partial charge in [-0.05, 0) is 0 Å². The molecule has 16 heavy (non-hydrogen) atoms. The molecule has 1 heteroatoms. The number of benzene rings is 1. The summed E-state index contributed by atoms with van der Waals surface area (Å²) in [5.41, 5.74) is 4.73. The second kappa shape index (κ2) is 5.66. The third kappa shape index (κ3) is 3.09. The molecule has 0 aliphatic carbocycles. The quantitative estimate of drug-likeness (QED) is 0.662. The Balaban J connectivity index is 3.39. The zero-order valence-corrected chi connectivity index (χ0v) is 17.1. The van der Waals surface area contributed by atoms with Crippen LogP contribution < -0.4 is 3.07 Å². The minimum absolute atomic E-state index is 0.643. The van der Waals surface area contributed by atoms with E-state index in [9.17, 15) is 0 Å². The molecular weight excluding hydrogens is 381 g/mol. The van der Waals surface area contributed by atoms with E-state index < -0.39 is 0 Å². The maximum absolute atomic E-state index is 2.45. The summed E-state index contributed by atoms with van der Waals surface area (Å²) in [5, 5.41) is 0. The first-order valence-electron chi connectivity index (χ1n) is 6.34. The fraction of sp³-hybridized carbons (Fsp3) is 0.600. The molecule has 0 fully saturated rings. The van der Waals surface area contributed by atoms with Crippen LogP contribution in [0.2, 0.25) is 0 Å². The van der Waals surface area contributed by atoms with Crippen LogP contribution in [-0.2, 0) is 26.1 Å². The van der Waals surface area contributed by atoms with Crippen LogP contribution in [0.4, 0.5) is 0 Å². The van der Waals surface area contributed by atoms with E-state index in [-0.39, 0.29) is 0 Å². The molecule has 0 N–H and O–H groups in total. The van der Waals surface area contributed by atoms with Gasteiger partial charge in [0.15, 0.2) is 0 Å². The zero-order valence-electron chi connectivity index (χ0n) is 11.6. The molecular formula is C15H23Hg. The average molecular weight is 404 g/mol. The van der Waals surface area contributed by atoms with Crippen molar-refractivity contribution in [1.82, 2.24) is 0 Å². The van der Waals surface area contributed by atoms with Gasteiger partial charge in [0, 0.05) is 0 Å². The Morgan fingerprint density at radius 3 is 1.38 bits per heavy atom. The van der Waals surface area contributed by atoms with Gasteiger partial charge in [0.1, 0.15) is 0 Å². The summed E-state index contributed by atoms with van der Waals surface area (Å²) < 4.78 is 1.69. The first kappa shape index (κ1) is 14.2. The summed E-state index contributed by atoms with van der Waals surface area (Å²) in [6.45, 7) is 13.9. The summed E-state index contributed by atoms with van der Waals surface area (Å²) in [6.07, 6.45) is 0. The van der Waals surface area contributed by atoms with Crippen molar-refractivity contribution in [3.63, 3.8) is 0 Å². The van der Waals surface area contributed by atoms with E-state index in [1.807, 2.05) is 0 Å². The molecule has 0 atom stereocenters. The zero-order chi connectivity index (χ0) is 12.5. The molecule has 1 rings (SSSR count). The molecule has 0 heterocycles. The van der Waals surface area contributed by atoms with Gasteiger partial charge in [0.25, 0.3) is 0 Å². The van der Waals surface area contributed by atoms with Crippen LogP contribution in [0.3, 0.4) is 0 Å². The Morgan fingerprint density at radius 1 is 0.750 bits per heavy atom. The normalized spacial score (nSPS) is 11.9. The molecule has 0 aliphatic heterocycles. The standard InChI is InChI=1S/C15H23.Hg/c1-10(2)13-7-14(11(3)4)9-15(8-13)12(5)6;/h7-8,10-12H,1-6H3;. The van der Waals surface area contributed by atoms with Crippen molar-refractivity contribution in [2.24, 2.45) is 0 Å². The van der Waals surface area contributed by atoms with Crippen LogP contribution in [0, 0.1) is 0 Å². The van der Waals surface area contributed by atoms with Crippen LogP contribution in [-0.4, -0.2) is 0 Å². The summed E-state index contributed by atoms with van der Waals surface area (Å²) in [7, 11) is 0. The Morgan fingerprint density at radius 2 is 1.12 bits per heavy atom. The third-order valence-corrected chi connectivity index (χ3v) is 6.43. The van der Waals surface area contributed by atoms with Crippen molar-refractivity contribution >= 4 is 3.07 Å². The van der Waals surface area contributed by atoms with Gasteiger partial charge in [0.2, 0.25) is 0 Å². The predicted octanol–water partition coefficient (Wildman–Crippen LogP) is 4.23. The summed E-state index contributed by atoms with van der Waals surface area (Å²) in [6, 6.07) is 4.90. The third-order valence-electron chi connectivity index (χ3n) is 3.25. The first-order chi connectivity index (χ1) is 7.34. The van der Waals surface area contributed by atoms with Gasteiger partial charge in [-0.2, -0.15) is 0 Å². The van der Waals surface area contributed by atoms with E-state index in [1.165, 1.54) is 5.56 Å². The molecule has 1 aromatic rings. The summed E-state index contributed by atoms with van der Waals surface area (Å²) >= 11 is 0.724. The molecule has 1 aromatic carbocycles. The second-order valence-corrected chi connectivity index (χ2v) is 8.39. The molecule has 0 aliphatic rings. The number of hydrogen-bond donors (Lipinski definition) is 0. The molecule has 0 bridgehead atoms. The van der Waals surface area contributed by atoms with Crippen molar-refractivity contribution in [1.29, 1.82) is 0 Å². The molecule has 0 spiro atoms. The monoisotopic (exact) mass is 405 g/mol. The van der Waals surface area contributed by atoms with Crippen LogP contribution in [0.1, 0.15) is 76.0 Å².